The number of carbonyl (C=O) groups excluding carboxylic acids is 1. The van der Waals surface area contributed by atoms with Crippen molar-refractivity contribution >= 4 is 17.3 Å². The van der Waals surface area contributed by atoms with Gasteiger partial charge in [-0.3, -0.25) is 4.79 Å². The van der Waals surface area contributed by atoms with Crippen LogP contribution in [0.15, 0.2) is 60.0 Å². The minimum absolute atomic E-state index is 0.209. The average Bonchev–Trinajstić information content (AvgIpc) is 3.06. The van der Waals surface area contributed by atoms with Crippen LogP contribution in [0.4, 0.5) is 0 Å². The van der Waals surface area contributed by atoms with E-state index in [4.69, 9.17) is 9.72 Å². The van der Waals surface area contributed by atoms with Gasteiger partial charge in [-0.1, -0.05) is 54.6 Å². The number of benzene rings is 2. The number of aromatic nitrogens is 1. The summed E-state index contributed by atoms with van der Waals surface area (Å²) in [7, 11) is 0. The standard InChI is InChI=1S/C19H17NO2S/c1-2-22-18(21)12-15-10-6-7-11-16(15)19-20-17(13-23-19)14-8-4-3-5-9-14/h3-11,13H,2,12H2,1H3. The minimum atomic E-state index is -0.209. The summed E-state index contributed by atoms with van der Waals surface area (Å²) >= 11 is 1.59. The van der Waals surface area contributed by atoms with Crippen molar-refractivity contribution in [3.63, 3.8) is 0 Å². The van der Waals surface area contributed by atoms with Gasteiger partial charge in [0.25, 0.3) is 0 Å². The lowest BCUT2D eigenvalue weighted by Gasteiger charge is -2.06. The molecule has 2 aromatic carbocycles. The van der Waals surface area contributed by atoms with E-state index < -0.39 is 0 Å². The Morgan fingerprint density at radius 1 is 1.09 bits per heavy atom. The third kappa shape index (κ3) is 3.66. The van der Waals surface area contributed by atoms with Crippen LogP contribution in [0.5, 0.6) is 0 Å². The summed E-state index contributed by atoms with van der Waals surface area (Å²) in [6, 6.07) is 17.9. The number of nitrogens with zero attached hydrogens (tertiary/aromatic N) is 1. The topological polar surface area (TPSA) is 39.2 Å². The van der Waals surface area contributed by atoms with Gasteiger partial charge in [-0.25, -0.2) is 4.98 Å². The molecule has 0 aliphatic rings. The fraction of sp³-hybridized carbons (Fsp3) is 0.158. The molecule has 0 fully saturated rings. The number of hydrogen-bond acceptors (Lipinski definition) is 4. The highest BCUT2D eigenvalue weighted by atomic mass is 32.1. The second-order valence-corrected chi connectivity index (χ2v) is 5.90. The second-order valence-electron chi connectivity index (χ2n) is 5.04. The Balaban J connectivity index is 1.91. The molecule has 116 valence electrons. The molecular weight excluding hydrogens is 306 g/mol. The molecule has 3 rings (SSSR count). The van der Waals surface area contributed by atoms with E-state index in [9.17, 15) is 4.79 Å². The van der Waals surface area contributed by atoms with Gasteiger partial charge in [0.2, 0.25) is 0 Å². The van der Waals surface area contributed by atoms with Crippen LogP contribution in [0.3, 0.4) is 0 Å². The summed E-state index contributed by atoms with van der Waals surface area (Å²) in [5, 5.41) is 2.97. The van der Waals surface area contributed by atoms with Gasteiger partial charge in [0, 0.05) is 16.5 Å². The second kappa shape index (κ2) is 7.20. The first-order valence-corrected chi connectivity index (χ1v) is 8.40. The van der Waals surface area contributed by atoms with Crippen molar-refractivity contribution in [2.24, 2.45) is 0 Å². The predicted molar refractivity (Wildman–Crippen MR) is 93.3 cm³/mol. The summed E-state index contributed by atoms with van der Waals surface area (Å²) in [6.45, 7) is 2.22. The molecule has 3 aromatic rings. The van der Waals surface area contributed by atoms with E-state index in [2.05, 4.69) is 0 Å². The maximum atomic E-state index is 11.8. The third-order valence-electron chi connectivity index (χ3n) is 3.46. The van der Waals surface area contributed by atoms with Crippen LogP contribution < -0.4 is 0 Å². The summed E-state index contributed by atoms with van der Waals surface area (Å²) < 4.78 is 5.06. The van der Waals surface area contributed by atoms with E-state index in [1.54, 1.807) is 11.3 Å². The maximum absolute atomic E-state index is 11.8. The van der Waals surface area contributed by atoms with E-state index in [0.717, 1.165) is 27.4 Å². The van der Waals surface area contributed by atoms with Crippen molar-refractivity contribution in [2.75, 3.05) is 6.61 Å². The first-order valence-electron chi connectivity index (χ1n) is 7.52. The van der Waals surface area contributed by atoms with Crippen molar-refractivity contribution in [3.8, 4) is 21.8 Å². The molecule has 0 atom stereocenters. The van der Waals surface area contributed by atoms with Crippen molar-refractivity contribution in [3.05, 3.63) is 65.5 Å². The number of esters is 1. The molecule has 4 heteroatoms. The summed E-state index contributed by atoms with van der Waals surface area (Å²) in [4.78, 5) is 16.5. The quantitative estimate of drug-likeness (QED) is 0.645. The van der Waals surface area contributed by atoms with Crippen LogP contribution in [-0.4, -0.2) is 17.6 Å². The number of hydrogen-bond donors (Lipinski definition) is 0. The Hall–Kier alpha value is -2.46. The van der Waals surface area contributed by atoms with Crippen LogP contribution in [-0.2, 0) is 16.0 Å². The third-order valence-corrected chi connectivity index (χ3v) is 4.34. The number of ether oxygens (including phenoxy) is 1. The zero-order valence-corrected chi connectivity index (χ0v) is 13.7. The molecule has 0 unspecified atom stereocenters. The molecular formula is C19H17NO2S. The minimum Gasteiger partial charge on any atom is -0.466 e. The summed E-state index contributed by atoms with van der Waals surface area (Å²) in [5.41, 5.74) is 3.99. The van der Waals surface area contributed by atoms with Crippen molar-refractivity contribution in [1.82, 2.24) is 4.98 Å². The maximum Gasteiger partial charge on any atom is 0.310 e. The molecule has 0 saturated heterocycles. The molecule has 0 spiro atoms. The highest BCUT2D eigenvalue weighted by Crippen LogP contribution is 2.31. The molecule has 1 heterocycles. The number of thiazole rings is 1. The van der Waals surface area contributed by atoms with Crippen LogP contribution in [0, 0.1) is 0 Å². The Kier molecular flexibility index (Phi) is 4.83. The Morgan fingerprint density at radius 3 is 2.61 bits per heavy atom. The molecule has 23 heavy (non-hydrogen) atoms. The molecule has 0 aliphatic carbocycles. The summed E-state index contributed by atoms with van der Waals surface area (Å²) in [6.07, 6.45) is 0.268. The zero-order chi connectivity index (χ0) is 16.1. The molecule has 1 aromatic heterocycles. The monoisotopic (exact) mass is 323 g/mol. The van der Waals surface area contributed by atoms with Crippen LogP contribution in [0.1, 0.15) is 12.5 Å². The Labute approximate surface area is 139 Å². The average molecular weight is 323 g/mol. The fourth-order valence-electron chi connectivity index (χ4n) is 2.39. The lowest BCUT2D eigenvalue weighted by atomic mass is 10.1. The van der Waals surface area contributed by atoms with Gasteiger partial charge in [-0.2, -0.15) is 0 Å². The van der Waals surface area contributed by atoms with Crippen LogP contribution in [0.25, 0.3) is 21.8 Å². The first kappa shape index (κ1) is 15.4. The highest BCUT2D eigenvalue weighted by molar-refractivity contribution is 7.13. The molecule has 0 bridgehead atoms. The molecule has 0 amide bonds. The van der Waals surface area contributed by atoms with Gasteiger partial charge in [0.1, 0.15) is 5.01 Å². The first-order chi connectivity index (χ1) is 11.3. The van der Waals surface area contributed by atoms with E-state index in [0.29, 0.717) is 6.61 Å². The van der Waals surface area contributed by atoms with Crippen molar-refractivity contribution in [1.29, 1.82) is 0 Å². The number of carbonyl (C=O) groups is 1. The zero-order valence-electron chi connectivity index (χ0n) is 12.9. The van der Waals surface area contributed by atoms with Gasteiger partial charge in [-0.15, -0.1) is 11.3 Å². The largest absolute Gasteiger partial charge is 0.466 e. The fourth-order valence-corrected chi connectivity index (χ4v) is 3.28. The predicted octanol–water partition coefficient (Wildman–Crippen LogP) is 4.58. The Morgan fingerprint density at radius 2 is 1.83 bits per heavy atom. The van der Waals surface area contributed by atoms with Crippen LogP contribution >= 0.6 is 11.3 Å². The Bertz CT molecular complexity index is 796. The van der Waals surface area contributed by atoms with E-state index in [-0.39, 0.29) is 12.4 Å². The lowest BCUT2D eigenvalue weighted by Crippen LogP contribution is -2.08. The van der Waals surface area contributed by atoms with Gasteiger partial charge in [0.05, 0.1) is 18.7 Å². The summed E-state index contributed by atoms with van der Waals surface area (Å²) in [5.74, 6) is -0.209. The highest BCUT2D eigenvalue weighted by Gasteiger charge is 2.13. The van der Waals surface area contributed by atoms with Crippen molar-refractivity contribution in [2.45, 2.75) is 13.3 Å². The smallest absolute Gasteiger partial charge is 0.310 e. The SMILES string of the molecule is CCOC(=O)Cc1ccccc1-c1nc(-c2ccccc2)cs1. The van der Waals surface area contributed by atoms with E-state index >= 15 is 0 Å². The van der Waals surface area contributed by atoms with Gasteiger partial charge < -0.3 is 4.74 Å². The van der Waals surface area contributed by atoms with E-state index in [1.165, 1.54) is 0 Å². The van der Waals surface area contributed by atoms with Gasteiger partial charge >= 0.3 is 5.97 Å². The normalized spacial score (nSPS) is 10.5. The molecule has 0 aliphatic heterocycles. The van der Waals surface area contributed by atoms with Crippen LogP contribution in [0.2, 0.25) is 0 Å². The van der Waals surface area contributed by atoms with Gasteiger partial charge in [0.15, 0.2) is 0 Å². The molecule has 0 saturated carbocycles. The van der Waals surface area contributed by atoms with Crippen molar-refractivity contribution < 1.29 is 9.53 Å². The van der Waals surface area contributed by atoms with E-state index in [1.807, 2.05) is 66.9 Å². The number of rotatable bonds is 5. The molecule has 3 nitrogen and oxygen atoms in total. The lowest BCUT2D eigenvalue weighted by molar-refractivity contribution is -0.142. The van der Waals surface area contributed by atoms with Gasteiger partial charge in [-0.05, 0) is 12.5 Å². The molecule has 0 N–H and O–H groups in total. The molecule has 0 radical (unpaired) electrons.